The molecule has 5 aromatic rings. The lowest BCUT2D eigenvalue weighted by atomic mass is 10.2. The fourth-order valence-electron chi connectivity index (χ4n) is 3.29. The van der Waals surface area contributed by atoms with Crippen LogP contribution in [0.25, 0.3) is 44.4 Å². The van der Waals surface area contributed by atoms with Gasteiger partial charge in [0, 0.05) is 18.0 Å². The molecule has 0 aliphatic carbocycles. The highest BCUT2D eigenvalue weighted by Crippen LogP contribution is 2.29. The fourth-order valence-corrected chi connectivity index (χ4v) is 3.29. The van der Waals surface area contributed by atoms with E-state index in [1.54, 1.807) is 0 Å². The van der Waals surface area contributed by atoms with Crippen LogP contribution in [-0.4, -0.2) is 24.7 Å². The number of H-pyrrole nitrogens is 2. The Morgan fingerprint density at radius 1 is 1.04 bits per heavy atom. The van der Waals surface area contributed by atoms with E-state index < -0.39 is 0 Å². The van der Waals surface area contributed by atoms with Gasteiger partial charge in [-0.1, -0.05) is 30.3 Å². The lowest BCUT2D eigenvalue weighted by Gasteiger charge is -2.02. The molecule has 3 aromatic heterocycles. The Labute approximate surface area is 135 Å². The molecule has 0 fully saturated rings. The first kappa shape index (κ1) is 13.1. The maximum Gasteiger partial charge on any atom is 0.274 e. The van der Waals surface area contributed by atoms with Gasteiger partial charge in [-0.2, -0.15) is 5.10 Å². The molecule has 0 aliphatic heterocycles. The Kier molecular flexibility index (Phi) is 2.48. The minimum atomic E-state index is -0.204. The van der Waals surface area contributed by atoms with Crippen molar-refractivity contribution < 1.29 is 0 Å². The Morgan fingerprint density at radius 2 is 1.83 bits per heavy atom. The van der Waals surface area contributed by atoms with Crippen molar-refractivity contribution in [1.82, 2.24) is 24.7 Å². The number of imidazole rings is 1. The zero-order valence-electron chi connectivity index (χ0n) is 12.9. The van der Waals surface area contributed by atoms with Gasteiger partial charge in [-0.15, -0.1) is 0 Å². The summed E-state index contributed by atoms with van der Waals surface area (Å²) in [6.07, 6.45) is 0. The van der Waals surface area contributed by atoms with E-state index in [9.17, 15) is 4.79 Å². The number of benzene rings is 2. The lowest BCUT2D eigenvalue weighted by Crippen LogP contribution is -2.10. The van der Waals surface area contributed by atoms with Crippen LogP contribution in [0.2, 0.25) is 0 Å². The van der Waals surface area contributed by atoms with E-state index >= 15 is 0 Å². The van der Waals surface area contributed by atoms with Crippen LogP contribution in [0, 0.1) is 0 Å². The normalized spacial score (nSPS) is 11.7. The molecular weight excluding hydrogens is 302 g/mol. The predicted octanol–water partition coefficient (Wildman–Crippen LogP) is 2.96. The number of hydrogen-bond acceptors (Lipinski definition) is 3. The highest BCUT2D eigenvalue weighted by molar-refractivity contribution is 6.10. The van der Waals surface area contributed by atoms with Crippen LogP contribution >= 0.6 is 0 Å². The van der Waals surface area contributed by atoms with Gasteiger partial charge in [0.2, 0.25) is 0 Å². The van der Waals surface area contributed by atoms with Crippen molar-refractivity contribution in [3.8, 4) is 11.5 Å². The van der Waals surface area contributed by atoms with Gasteiger partial charge in [0.1, 0.15) is 0 Å². The van der Waals surface area contributed by atoms with Gasteiger partial charge in [-0.25, -0.2) is 10.1 Å². The molecule has 2 N–H and O–H groups in total. The summed E-state index contributed by atoms with van der Waals surface area (Å²) in [6.45, 7) is 0. The van der Waals surface area contributed by atoms with Crippen molar-refractivity contribution in [2.45, 2.75) is 0 Å². The van der Waals surface area contributed by atoms with Crippen LogP contribution in [0.5, 0.6) is 0 Å². The lowest BCUT2D eigenvalue weighted by molar-refractivity contribution is 0.928. The van der Waals surface area contributed by atoms with E-state index in [-0.39, 0.29) is 5.56 Å². The average Bonchev–Trinajstić information content (AvgIpc) is 3.15. The van der Waals surface area contributed by atoms with Gasteiger partial charge in [0.25, 0.3) is 5.56 Å². The third-order valence-electron chi connectivity index (χ3n) is 4.44. The van der Waals surface area contributed by atoms with Gasteiger partial charge < -0.3 is 9.55 Å². The van der Waals surface area contributed by atoms with E-state index in [1.165, 1.54) is 0 Å². The van der Waals surface area contributed by atoms with Crippen LogP contribution in [0.3, 0.4) is 0 Å². The maximum absolute atomic E-state index is 12.3. The average molecular weight is 315 g/mol. The van der Waals surface area contributed by atoms with Crippen molar-refractivity contribution in [2.24, 2.45) is 7.05 Å². The first-order chi connectivity index (χ1) is 11.7. The minimum absolute atomic E-state index is 0.204. The van der Waals surface area contributed by atoms with Crippen molar-refractivity contribution in [2.75, 3.05) is 0 Å². The molecule has 5 rings (SSSR count). The third-order valence-corrected chi connectivity index (χ3v) is 4.44. The van der Waals surface area contributed by atoms with Crippen LogP contribution in [0.1, 0.15) is 0 Å². The van der Waals surface area contributed by atoms with Gasteiger partial charge in [0.05, 0.1) is 21.9 Å². The molecule has 0 spiro atoms. The molecule has 0 unspecified atom stereocenters. The molecule has 0 bridgehead atoms. The molecule has 0 aliphatic rings. The van der Waals surface area contributed by atoms with E-state index in [0.29, 0.717) is 22.4 Å². The summed E-state index contributed by atoms with van der Waals surface area (Å²) in [6, 6.07) is 15.7. The van der Waals surface area contributed by atoms with Crippen molar-refractivity contribution >= 4 is 32.8 Å². The summed E-state index contributed by atoms with van der Waals surface area (Å²) >= 11 is 0. The maximum atomic E-state index is 12.3. The summed E-state index contributed by atoms with van der Waals surface area (Å²) in [4.78, 5) is 20.3. The number of nitrogens with zero attached hydrogens (tertiary/aromatic N) is 3. The van der Waals surface area contributed by atoms with Crippen LogP contribution < -0.4 is 5.56 Å². The van der Waals surface area contributed by atoms with Crippen molar-refractivity contribution in [3.63, 3.8) is 0 Å². The van der Waals surface area contributed by atoms with Crippen molar-refractivity contribution in [3.05, 3.63) is 58.9 Å². The number of aromatic amines is 2. The standard InChI is InChI=1S/C18H13N5O/c1-23-13-9-5-4-8-12(13)20-17(23)16-15-14(18(24)22-21-16)10-6-2-3-7-11(10)19-15/h2-9,19H,1H3,(H,22,24). The SMILES string of the molecule is Cn1c(-c2n[nH]c(=O)c3c2[nH]c2ccccc23)nc2ccccc21. The number of fused-ring (bicyclic) bond motifs is 4. The highest BCUT2D eigenvalue weighted by atomic mass is 16.1. The molecular formula is C18H13N5O. The zero-order chi connectivity index (χ0) is 16.3. The van der Waals surface area contributed by atoms with Gasteiger partial charge in [-0.3, -0.25) is 4.79 Å². The Bertz CT molecular complexity index is 1290. The smallest absolute Gasteiger partial charge is 0.274 e. The van der Waals surface area contributed by atoms with E-state index in [2.05, 4.69) is 15.2 Å². The summed E-state index contributed by atoms with van der Waals surface area (Å²) in [5.74, 6) is 0.712. The second kappa shape index (κ2) is 4.55. The first-order valence-corrected chi connectivity index (χ1v) is 7.65. The summed E-state index contributed by atoms with van der Waals surface area (Å²) in [5.41, 5.74) is 3.96. The largest absolute Gasteiger partial charge is 0.352 e. The molecule has 0 radical (unpaired) electrons. The van der Waals surface area contributed by atoms with E-state index in [1.807, 2.05) is 60.1 Å². The summed E-state index contributed by atoms with van der Waals surface area (Å²) in [7, 11) is 1.95. The number of aromatic nitrogens is 5. The molecule has 0 saturated heterocycles. The van der Waals surface area contributed by atoms with E-state index in [0.717, 1.165) is 21.9 Å². The molecule has 6 nitrogen and oxygen atoms in total. The Balaban J connectivity index is 1.94. The van der Waals surface area contributed by atoms with Gasteiger partial charge >= 0.3 is 0 Å². The topological polar surface area (TPSA) is 79.4 Å². The molecule has 3 heterocycles. The number of para-hydroxylation sites is 3. The van der Waals surface area contributed by atoms with Crippen molar-refractivity contribution in [1.29, 1.82) is 0 Å². The third kappa shape index (κ3) is 1.62. The molecule has 24 heavy (non-hydrogen) atoms. The number of rotatable bonds is 1. The zero-order valence-corrected chi connectivity index (χ0v) is 12.9. The Hall–Kier alpha value is -3.41. The van der Waals surface area contributed by atoms with E-state index in [4.69, 9.17) is 4.98 Å². The van der Waals surface area contributed by atoms with Gasteiger partial charge in [0.15, 0.2) is 11.5 Å². The molecule has 116 valence electrons. The molecule has 0 atom stereocenters. The molecule has 6 heteroatoms. The predicted molar refractivity (Wildman–Crippen MR) is 93.9 cm³/mol. The van der Waals surface area contributed by atoms with Crippen LogP contribution in [0.15, 0.2) is 53.3 Å². The monoisotopic (exact) mass is 315 g/mol. The first-order valence-electron chi connectivity index (χ1n) is 7.65. The molecule has 0 saturated carbocycles. The second-order valence-electron chi connectivity index (χ2n) is 5.81. The Morgan fingerprint density at radius 3 is 2.71 bits per heavy atom. The highest BCUT2D eigenvalue weighted by Gasteiger charge is 2.18. The number of aryl methyl sites for hydroxylation is 1. The summed E-state index contributed by atoms with van der Waals surface area (Å²) < 4.78 is 1.99. The summed E-state index contributed by atoms with van der Waals surface area (Å²) in [5, 5.41) is 8.39. The number of nitrogens with one attached hydrogen (secondary N) is 2. The van der Waals surface area contributed by atoms with Crippen LogP contribution in [-0.2, 0) is 7.05 Å². The fraction of sp³-hybridized carbons (Fsp3) is 0.0556. The second-order valence-corrected chi connectivity index (χ2v) is 5.81. The molecule has 0 amide bonds. The number of hydrogen-bond donors (Lipinski definition) is 2. The minimum Gasteiger partial charge on any atom is -0.352 e. The van der Waals surface area contributed by atoms with Crippen LogP contribution in [0.4, 0.5) is 0 Å². The van der Waals surface area contributed by atoms with Gasteiger partial charge in [-0.05, 0) is 18.2 Å². The molecule has 2 aromatic carbocycles. The quantitative estimate of drug-likeness (QED) is 0.499.